The number of hydrogen-bond acceptors (Lipinski definition) is 3. The van der Waals surface area contributed by atoms with Crippen molar-refractivity contribution >= 4 is 11.9 Å². The predicted octanol–water partition coefficient (Wildman–Crippen LogP) is 2.09. The number of halogens is 3. The number of benzene rings is 1. The third-order valence-corrected chi connectivity index (χ3v) is 4.95. The van der Waals surface area contributed by atoms with Crippen LogP contribution in [0.3, 0.4) is 0 Å². The molecule has 9 heteroatoms. The van der Waals surface area contributed by atoms with Crippen molar-refractivity contribution in [3.63, 3.8) is 0 Å². The maximum Gasteiger partial charge on any atom is 0.416 e. The second kappa shape index (κ2) is 9.77. The monoisotopic (exact) mass is 400 g/mol. The van der Waals surface area contributed by atoms with E-state index >= 15 is 0 Å². The molecule has 0 aromatic heterocycles. The number of rotatable bonds is 7. The summed E-state index contributed by atoms with van der Waals surface area (Å²) in [4.78, 5) is 26.5. The zero-order chi connectivity index (χ0) is 20.7. The van der Waals surface area contributed by atoms with E-state index in [0.717, 1.165) is 32.0 Å². The third kappa shape index (κ3) is 7.03. The van der Waals surface area contributed by atoms with Gasteiger partial charge in [0.2, 0.25) is 5.91 Å². The minimum atomic E-state index is -4.33. The molecule has 3 amide bonds. The molecule has 0 bridgehead atoms. The first-order valence-electron chi connectivity index (χ1n) is 9.31. The summed E-state index contributed by atoms with van der Waals surface area (Å²) in [6.07, 6.45) is -1.81. The molecule has 1 aromatic carbocycles. The summed E-state index contributed by atoms with van der Waals surface area (Å²) in [5, 5.41) is 2.28. The number of nitrogens with one attached hydrogen (secondary N) is 1. The standard InChI is InChI=1S/C19H27F3N4O2/c1-25(17(27)11-24-18(23)28)12-15-5-3-8-26(13-15)9-7-14-4-2-6-16(10-14)19(20,21)22/h2,4,6,10,15H,3,5,7-9,11-13H2,1H3,(H3,23,24,28)/t15-/m1/s1. The lowest BCUT2D eigenvalue weighted by molar-refractivity contribution is -0.137. The van der Waals surface area contributed by atoms with Crippen LogP contribution < -0.4 is 11.1 Å². The molecule has 6 nitrogen and oxygen atoms in total. The van der Waals surface area contributed by atoms with Gasteiger partial charge in [0, 0.05) is 26.7 Å². The molecule has 0 saturated carbocycles. The average Bonchev–Trinajstić information content (AvgIpc) is 2.64. The Kier molecular flexibility index (Phi) is 7.68. The number of nitrogens with two attached hydrogens (primary N) is 1. The van der Waals surface area contributed by atoms with Crippen LogP contribution in [-0.2, 0) is 17.4 Å². The van der Waals surface area contributed by atoms with Crippen molar-refractivity contribution in [2.45, 2.75) is 25.4 Å². The first-order chi connectivity index (χ1) is 13.1. The summed E-state index contributed by atoms with van der Waals surface area (Å²) in [6, 6.07) is 4.72. The van der Waals surface area contributed by atoms with Gasteiger partial charge in [-0.2, -0.15) is 13.2 Å². The highest BCUT2D eigenvalue weighted by molar-refractivity contribution is 5.83. The summed E-state index contributed by atoms with van der Waals surface area (Å²) in [7, 11) is 1.69. The van der Waals surface area contributed by atoms with E-state index in [0.29, 0.717) is 25.1 Å². The molecule has 28 heavy (non-hydrogen) atoms. The number of carbonyl (C=O) groups is 2. The summed E-state index contributed by atoms with van der Waals surface area (Å²) >= 11 is 0. The smallest absolute Gasteiger partial charge is 0.352 e. The number of likely N-dealkylation sites (tertiary alicyclic amines) is 1. The fraction of sp³-hybridized carbons (Fsp3) is 0.579. The van der Waals surface area contributed by atoms with Crippen LogP contribution in [0.15, 0.2) is 24.3 Å². The van der Waals surface area contributed by atoms with E-state index in [1.54, 1.807) is 18.0 Å². The quantitative estimate of drug-likeness (QED) is 0.736. The zero-order valence-electron chi connectivity index (χ0n) is 16.0. The fourth-order valence-corrected chi connectivity index (χ4v) is 3.48. The van der Waals surface area contributed by atoms with Gasteiger partial charge in [-0.3, -0.25) is 4.79 Å². The van der Waals surface area contributed by atoms with Gasteiger partial charge in [-0.1, -0.05) is 18.2 Å². The van der Waals surface area contributed by atoms with E-state index in [1.807, 2.05) is 0 Å². The van der Waals surface area contributed by atoms with Crippen LogP contribution in [0.25, 0.3) is 0 Å². The molecule has 1 aliphatic rings. The van der Waals surface area contributed by atoms with Gasteiger partial charge in [0.05, 0.1) is 12.1 Å². The predicted molar refractivity (Wildman–Crippen MR) is 99.5 cm³/mol. The number of amides is 3. The molecule has 1 aromatic rings. The molecule has 0 unspecified atom stereocenters. The van der Waals surface area contributed by atoms with Crippen LogP contribution in [0, 0.1) is 5.92 Å². The largest absolute Gasteiger partial charge is 0.416 e. The van der Waals surface area contributed by atoms with Crippen LogP contribution in [0.4, 0.5) is 18.0 Å². The number of carbonyl (C=O) groups excluding carboxylic acids is 2. The zero-order valence-corrected chi connectivity index (χ0v) is 16.0. The molecule has 1 atom stereocenters. The lowest BCUT2D eigenvalue weighted by Crippen LogP contribution is -2.45. The van der Waals surface area contributed by atoms with Gasteiger partial charge in [-0.15, -0.1) is 0 Å². The summed E-state index contributed by atoms with van der Waals surface area (Å²) < 4.78 is 38.5. The number of likely N-dealkylation sites (N-methyl/N-ethyl adjacent to an activating group) is 1. The molecule has 0 aliphatic carbocycles. The first-order valence-corrected chi connectivity index (χ1v) is 9.31. The van der Waals surface area contributed by atoms with Crippen molar-refractivity contribution in [1.29, 1.82) is 0 Å². The van der Waals surface area contributed by atoms with Crippen molar-refractivity contribution in [2.75, 3.05) is 39.8 Å². The minimum absolute atomic E-state index is 0.127. The van der Waals surface area contributed by atoms with E-state index in [9.17, 15) is 22.8 Å². The van der Waals surface area contributed by atoms with Crippen molar-refractivity contribution in [1.82, 2.24) is 15.1 Å². The number of alkyl halides is 3. The number of primary amides is 1. The Morgan fingerprint density at radius 3 is 2.79 bits per heavy atom. The third-order valence-electron chi connectivity index (χ3n) is 4.95. The maximum absolute atomic E-state index is 12.8. The number of hydrogen-bond donors (Lipinski definition) is 2. The highest BCUT2D eigenvalue weighted by Gasteiger charge is 2.30. The molecule has 0 spiro atoms. The lowest BCUT2D eigenvalue weighted by Gasteiger charge is -2.34. The fourth-order valence-electron chi connectivity index (χ4n) is 3.48. The molecule has 0 radical (unpaired) electrons. The van der Waals surface area contributed by atoms with Gasteiger partial charge in [-0.25, -0.2) is 4.79 Å². The van der Waals surface area contributed by atoms with E-state index in [4.69, 9.17) is 5.73 Å². The molecule has 1 fully saturated rings. The Morgan fingerprint density at radius 2 is 2.11 bits per heavy atom. The van der Waals surface area contributed by atoms with Crippen LogP contribution in [-0.4, -0.2) is 61.5 Å². The SMILES string of the molecule is CN(C[C@H]1CCCN(CCc2cccc(C(F)(F)F)c2)C1)C(=O)CNC(N)=O. The van der Waals surface area contributed by atoms with Gasteiger partial charge in [0.1, 0.15) is 0 Å². The van der Waals surface area contributed by atoms with Crippen molar-refractivity contribution in [3.8, 4) is 0 Å². The van der Waals surface area contributed by atoms with Crippen LogP contribution >= 0.6 is 0 Å². The number of piperidine rings is 1. The second-order valence-electron chi connectivity index (χ2n) is 7.25. The normalized spacial score (nSPS) is 17.9. The van der Waals surface area contributed by atoms with Gasteiger partial charge in [0.25, 0.3) is 0 Å². The van der Waals surface area contributed by atoms with Gasteiger partial charge < -0.3 is 20.9 Å². The van der Waals surface area contributed by atoms with Crippen LogP contribution in [0.1, 0.15) is 24.0 Å². The molecule has 1 aliphatic heterocycles. The Morgan fingerprint density at radius 1 is 1.36 bits per heavy atom. The average molecular weight is 400 g/mol. The minimum Gasteiger partial charge on any atom is -0.352 e. The van der Waals surface area contributed by atoms with E-state index in [1.165, 1.54) is 12.1 Å². The Balaban J connectivity index is 1.82. The van der Waals surface area contributed by atoms with E-state index in [-0.39, 0.29) is 18.4 Å². The Labute approximate surface area is 162 Å². The van der Waals surface area contributed by atoms with Gasteiger partial charge in [-0.05, 0) is 43.4 Å². The van der Waals surface area contributed by atoms with Gasteiger partial charge >= 0.3 is 12.2 Å². The summed E-state index contributed by atoms with van der Waals surface area (Å²) in [5.41, 5.74) is 5.02. The summed E-state index contributed by atoms with van der Waals surface area (Å²) in [5.74, 6) is 0.0812. The highest BCUT2D eigenvalue weighted by atomic mass is 19.4. The maximum atomic E-state index is 12.8. The van der Waals surface area contributed by atoms with E-state index in [2.05, 4.69) is 10.2 Å². The summed E-state index contributed by atoms with van der Waals surface area (Å²) in [6.45, 7) is 2.81. The van der Waals surface area contributed by atoms with Crippen molar-refractivity contribution in [2.24, 2.45) is 11.7 Å². The number of nitrogens with zero attached hydrogens (tertiary/aromatic N) is 2. The van der Waals surface area contributed by atoms with Crippen LogP contribution in [0.5, 0.6) is 0 Å². The van der Waals surface area contributed by atoms with Gasteiger partial charge in [0.15, 0.2) is 0 Å². The first kappa shape index (κ1) is 22.0. The van der Waals surface area contributed by atoms with Crippen LogP contribution in [0.2, 0.25) is 0 Å². The molecular weight excluding hydrogens is 373 g/mol. The van der Waals surface area contributed by atoms with E-state index < -0.39 is 17.8 Å². The molecule has 3 N–H and O–H groups in total. The lowest BCUT2D eigenvalue weighted by atomic mass is 9.97. The number of urea groups is 1. The van der Waals surface area contributed by atoms with Crippen molar-refractivity contribution < 1.29 is 22.8 Å². The Hall–Kier alpha value is -2.29. The molecule has 156 valence electrons. The topological polar surface area (TPSA) is 78.7 Å². The molecule has 2 rings (SSSR count). The molecule has 1 saturated heterocycles. The molecule has 1 heterocycles. The Bertz CT molecular complexity index is 681. The highest BCUT2D eigenvalue weighted by Crippen LogP contribution is 2.29. The second-order valence-corrected chi connectivity index (χ2v) is 7.25. The molecular formula is C19H27F3N4O2. The van der Waals surface area contributed by atoms with Crippen molar-refractivity contribution in [3.05, 3.63) is 35.4 Å².